The average molecular weight is 304 g/mol. The van der Waals surface area contributed by atoms with Crippen molar-refractivity contribution in [1.29, 1.82) is 0 Å². The van der Waals surface area contributed by atoms with E-state index in [4.69, 9.17) is 0 Å². The molecule has 0 atom stereocenters. The van der Waals surface area contributed by atoms with Crippen LogP contribution in [0.25, 0.3) is 0 Å². The van der Waals surface area contributed by atoms with E-state index in [2.05, 4.69) is 8.85 Å². The van der Waals surface area contributed by atoms with Crippen LogP contribution < -0.4 is 8.85 Å². The maximum absolute atomic E-state index is 11.2. The van der Waals surface area contributed by atoms with Crippen LogP contribution in [-0.4, -0.2) is 18.9 Å². The second-order valence-electron chi connectivity index (χ2n) is 2.58. The Labute approximate surface area is 95.6 Å². The van der Waals surface area contributed by atoms with Crippen molar-refractivity contribution in [2.75, 3.05) is 7.05 Å². The fourth-order valence-corrected chi connectivity index (χ4v) is 1.28. The molecule has 2 amide bonds. The maximum Gasteiger partial charge on any atom is 0.259 e. The summed E-state index contributed by atoms with van der Waals surface area (Å²) in [6.45, 7) is 0. The van der Waals surface area contributed by atoms with E-state index in [1.165, 1.54) is 0 Å². The van der Waals surface area contributed by atoms with E-state index in [0.717, 1.165) is 0 Å². The Balaban J connectivity index is 2.89. The van der Waals surface area contributed by atoms with Crippen molar-refractivity contribution in [3.63, 3.8) is 0 Å². The number of carbonyl (C=O) groups excluding carboxylic acids is 2. The zero-order valence-corrected chi connectivity index (χ0v) is 9.66. The number of amides is 2. The van der Waals surface area contributed by atoms with Crippen LogP contribution in [0.3, 0.4) is 0 Å². The third-order valence-electron chi connectivity index (χ3n) is 1.72. The first-order valence-electron chi connectivity index (χ1n) is 3.92. The molecule has 1 rings (SSSR count). The third kappa shape index (κ3) is 2.44. The Hall–Kier alpha value is -1.11. The molecule has 0 aliphatic heterocycles. The Morgan fingerprint density at radius 2 is 1.50 bits per heavy atom. The lowest BCUT2D eigenvalue weighted by Crippen LogP contribution is -2.18. The van der Waals surface area contributed by atoms with Crippen molar-refractivity contribution in [2.45, 2.75) is 0 Å². The van der Waals surface area contributed by atoms with Gasteiger partial charge in [0.2, 0.25) is 0 Å². The molecule has 0 radical (unpaired) electrons. The first-order chi connectivity index (χ1) is 6.69. The fraction of sp³-hybridized carbons (Fsp3) is 0.111. The molecular formula is C9H9IN2O2. The van der Waals surface area contributed by atoms with Crippen LogP contribution in [0.4, 0.5) is 0 Å². The van der Waals surface area contributed by atoms with Gasteiger partial charge in [-0.15, -0.1) is 0 Å². The summed E-state index contributed by atoms with van der Waals surface area (Å²) in [6.07, 6.45) is 0. The van der Waals surface area contributed by atoms with Gasteiger partial charge in [-0.3, -0.25) is 13.1 Å². The molecule has 4 nitrogen and oxygen atoms in total. The summed E-state index contributed by atoms with van der Waals surface area (Å²) in [6, 6.07) is 6.44. The van der Waals surface area contributed by atoms with Crippen LogP contribution >= 0.6 is 22.9 Å². The summed E-state index contributed by atoms with van der Waals surface area (Å²) >= 11 is 1.77. The molecule has 0 aliphatic rings. The largest absolute Gasteiger partial charge is 0.355 e. The van der Waals surface area contributed by atoms with Gasteiger partial charge in [0, 0.05) is 18.2 Å². The van der Waals surface area contributed by atoms with E-state index in [9.17, 15) is 9.59 Å². The van der Waals surface area contributed by atoms with Gasteiger partial charge in [-0.05, 0) is 24.3 Å². The summed E-state index contributed by atoms with van der Waals surface area (Å²) in [5.41, 5.74) is 1.07. The number of halogens is 1. The predicted octanol–water partition coefficient (Wildman–Crippen LogP) is 1.13. The molecule has 14 heavy (non-hydrogen) atoms. The molecule has 1 aromatic carbocycles. The quantitative estimate of drug-likeness (QED) is 0.635. The predicted molar refractivity (Wildman–Crippen MR) is 61.3 cm³/mol. The van der Waals surface area contributed by atoms with Gasteiger partial charge in [0.05, 0.1) is 22.9 Å². The Kier molecular flexibility index (Phi) is 3.87. The van der Waals surface area contributed by atoms with E-state index >= 15 is 0 Å². The molecule has 0 unspecified atom stereocenters. The summed E-state index contributed by atoms with van der Waals surface area (Å²) in [4.78, 5) is 22.3. The standard InChI is InChI=1S/C9H9IN2O2/c1-11-8(13)6-2-4-7(5-3-6)9(14)12-10/h2-5H,1H3,(H,11,13)(H,12,14). The Bertz CT molecular complexity index is 313. The van der Waals surface area contributed by atoms with Crippen LogP contribution in [0.15, 0.2) is 24.3 Å². The number of benzene rings is 1. The SMILES string of the molecule is CNC(=O)c1ccc(C(=O)NI)cc1. The van der Waals surface area contributed by atoms with Gasteiger partial charge < -0.3 is 5.32 Å². The molecule has 2 N–H and O–H groups in total. The van der Waals surface area contributed by atoms with Gasteiger partial charge in [-0.1, -0.05) is 0 Å². The Morgan fingerprint density at radius 1 is 1.07 bits per heavy atom. The highest BCUT2D eigenvalue weighted by atomic mass is 127. The van der Waals surface area contributed by atoms with Gasteiger partial charge in [-0.25, -0.2) is 0 Å². The molecule has 0 saturated heterocycles. The summed E-state index contributed by atoms with van der Waals surface area (Å²) in [7, 11) is 1.56. The number of rotatable bonds is 2. The molecule has 0 aromatic heterocycles. The molecule has 0 aliphatic carbocycles. The third-order valence-corrected chi connectivity index (χ3v) is 2.21. The van der Waals surface area contributed by atoms with Crippen molar-refractivity contribution in [1.82, 2.24) is 8.85 Å². The zero-order chi connectivity index (χ0) is 10.6. The summed E-state index contributed by atoms with van der Waals surface area (Å²) in [5.74, 6) is -0.333. The van der Waals surface area contributed by atoms with E-state index < -0.39 is 0 Å². The summed E-state index contributed by atoms with van der Waals surface area (Å²) in [5, 5.41) is 2.50. The van der Waals surface area contributed by atoms with Gasteiger partial charge >= 0.3 is 0 Å². The highest BCUT2D eigenvalue weighted by molar-refractivity contribution is 14.1. The highest BCUT2D eigenvalue weighted by Gasteiger charge is 2.05. The molecule has 0 spiro atoms. The van der Waals surface area contributed by atoms with Crippen molar-refractivity contribution < 1.29 is 9.59 Å². The summed E-state index contributed by atoms with van der Waals surface area (Å²) < 4.78 is 2.47. The molecule has 0 bridgehead atoms. The van der Waals surface area contributed by atoms with Gasteiger partial charge in [-0.2, -0.15) is 0 Å². The molecule has 74 valence electrons. The minimum Gasteiger partial charge on any atom is -0.355 e. The lowest BCUT2D eigenvalue weighted by atomic mass is 10.1. The second-order valence-corrected chi connectivity index (χ2v) is 3.12. The number of nitrogens with one attached hydrogen (secondary N) is 2. The fourth-order valence-electron chi connectivity index (χ4n) is 0.972. The lowest BCUT2D eigenvalue weighted by molar-refractivity contribution is 0.0958. The van der Waals surface area contributed by atoms with Crippen molar-refractivity contribution in [3.8, 4) is 0 Å². The second kappa shape index (κ2) is 4.94. The Morgan fingerprint density at radius 3 is 1.86 bits per heavy atom. The smallest absolute Gasteiger partial charge is 0.259 e. The van der Waals surface area contributed by atoms with Gasteiger partial charge in [0.1, 0.15) is 0 Å². The molecule has 0 saturated carbocycles. The molecule has 1 aromatic rings. The van der Waals surface area contributed by atoms with Gasteiger partial charge in [0.15, 0.2) is 0 Å². The van der Waals surface area contributed by atoms with Crippen LogP contribution in [0.5, 0.6) is 0 Å². The lowest BCUT2D eigenvalue weighted by Gasteiger charge is -2.01. The number of hydrogen-bond donors (Lipinski definition) is 2. The van der Waals surface area contributed by atoms with Crippen LogP contribution in [0.1, 0.15) is 20.7 Å². The molecule has 5 heteroatoms. The minimum atomic E-state index is -0.172. The van der Waals surface area contributed by atoms with E-state index in [1.54, 1.807) is 54.2 Å². The molecule has 0 fully saturated rings. The van der Waals surface area contributed by atoms with Gasteiger partial charge in [0.25, 0.3) is 11.8 Å². The van der Waals surface area contributed by atoms with E-state index in [0.29, 0.717) is 11.1 Å². The topological polar surface area (TPSA) is 58.2 Å². The van der Waals surface area contributed by atoms with E-state index in [-0.39, 0.29) is 11.8 Å². The number of hydrogen-bond acceptors (Lipinski definition) is 2. The monoisotopic (exact) mass is 304 g/mol. The minimum absolute atomic E-state index is 0.161. The normalized spacial score (nSPS) is 9.29. The van der Waals surface area contributed by atoms with E-state index in [1.807, 2.05) is 0 Å². The van der Waals surface area contributed by atoms with Crippen molar-refractivity contribution in [2.24, 2.45) is 0 Å². The maximum atomic E-state index is 11.2. The first kappa shape index (κ1) is 11.0. The van der Waals surface area contributed by atoms with Crippen LogP contribution in [-0.2, 0) is 0 Å². The number of carbonyl (C=O) groups is 2. The first-order valence-corrected chi connectivity index (χ1v) is 5.00. The molecule has 0 heterocycles. The van der Waals surface area contributed by atoms with Crippen molar-refractivity contribution >= 4 is 34.7 Å². The van der Waals surface area contributed by atoms with Crippen LogP contribution in [0.2, 0.25) is 0 Å². The zero-order valence-electron chi connectivity index (χ0n) is 7.50. The highest BCUT2D eigenvalue weighted by Crippen LogP contribution is 2.04. The molecular weight excluding hydrogens is 295 g/mol. The van der Waals surface area contributed by atoms with Crippen molar-refractivity contribution in [3.05, 3.63) is 35.4 Å². The average Bonchev–Trinajstić information content (AvgIpc) is 2.27. The van der Waals surface area contributed by atoms with Crippen LogP contribution in [0, 0.1) is 0 Å².